The topological polar surface area (TPSA) is 53.0 Å². The molecule has 0 N–H and O–H groups in total. The molecule has 0 saturated heterocycles. The summed E-state index contributed by atoms with van der Waals surface area (Å²) in [6.45, 7) is 0. The van der Waals surface area contributed by atoms with Gasteiger partial charge < -0.3 is 4.90 Å². The van der Waals surface area contributed by atoms with Gasteiger partial charge in [-0.2, -0.15) is 5.10 Å². The second kappa shape index (κ2) is 6.62. The minimum atomic E-state index is -0.365. The summed E-state index contributed by atoms with van der Waals surface area (Å²) in [6, 6.07) is 14.6. The lowest BCUT2D eigenvalue weighted by Crippen LogP contribution is -2.40. The predicted octanol–water partition coefficient (Wildman–Crippen LogP) is 2.97. The molecular weight excluding hydrogens is 309 g/mol. The highest BCUT2D eigenvalue weighted by Gasteiger charge is 2.27. The molecule has 0 fully saturated rings. The van der Waals surface area contributed by atoms with Gasteiger partial charge in [0.05, 0.1) is 5.69 Å². The standard InChI is InChI=1S/C18H16FN3O2/c1-21(14-9-7-13(19)8-10-14)18(24)16-11-12-17(23)22(20-16)15-5-3-2-4-6-15/h2-10H,11-12H2,1H3. The van der Waals surface area contributed by atoms with E-state index in [1.807, 2.05) is 6.07 Å². The van der Waals surface area contributed by atoms with E-state index < -0.39 is 0 Å². The number of halogens is 1. The Kier molecular flexibility index (Phi) is 4.37. The Morgan fingerprint density at radius 3 is 2.42 bits per heavy atom. The van der Waals surface area contributed by atoms with E-state index in [-0.39, 0.29) is 30.5 Å². The Hall–Kier alpha value is -3.02. The van der Waals surface area contributed by atoms with Gasteiger partial charge in [-0.05, 0) is 36.4 Å². The molecule has 1 aliphatic heterocycles. The van der Waals surface area contributed by atoms with Gasteiger partial charge in [-0.3, -0.25) is 9.59 Å². The molecule has 0 bridgehead atoms. The van der Waals surface area contributed by atoms with Crippen molar-refractivity contribution in [2.75, 3.05) is 17.0 Å². The van der Waals surface area contributed by atoms with Crippen molar-refractivity contribution in [1.82, 2.24) is 0 Å². The first kappa shape index (κ1) is 15.9. The smallest absolute Gasteiger partial charge is 0.274 e. The van der Waals surface area contributed by atoms with E-state index in [2.05, 4.69) is 5.10 Å². The van der Waals surface area contributed by atoms with E-state index in [0.29, 0.717) is 17.1 Å². The van der Waals surface area contributed by atoms with E-state index in [1.54, 1.807) is 31.3 Å². The first-order valence-electron chi connectivity index (χ1n) is 7.55. The van der Waals surface area contributed by atoms with Crippen molar-refractivity contribution >= 4 is 28.9 Å². The molecule has 0 saturated carbocycles. The Labute approximate surface area is 139 Å². The third-order valence-corrected chi connectivity index (χ3v) is 3.80. The lowest BCUT2D eigenvalue weighted by molar-refractivity contribution is -0.118. The quantitative estimate of drug-likeness (QED) is 0.871. The average Bonchev–Trinajstić information content (AvgIpc) is 2.62. The van der Waals surface area contributed by atoms with Crippen LogP contribution in [0.3, 0.4) is 0 Å². The maximum Gasteiger partial charge on any atom is 0.274 e. The van der Waals surface area contributed by atoms with Crippen molar-refractivity contribution in [3.05, 3.63) is 60.4 Å². The summed E-state index contributed by atoms with van der Waals surface area (Å²) in [7, 11) is 1.60. The van der Waals surface area contributed by atoms with Crippen LogP contribution in [0.5, 0.6) is 0 Å². The fraction of sp³-hybridized carbons (Fsp3) is 0.167. The SMILES string of the molecule is CN(C(=O)C1=NN(c2ccccc2)C(=O)CC1)c1ccc(F)cc1. The number of hydrogen-bond donors (Lipinski definition) is 0. The number of carbonyl (C=O) groups excluding carboxylic acids is 2. The van der Waals surface area contributed by atoms with Crippen molar-refractivity contribution in [1.29, 1.82) is 0 Å². The number of amides is 2. The van der Waals surface area contributed by atoms with Gasteiger partial charge in [-0.25, -0.2) is 9.40 Å². The Morgan fingerprint density at radius 1 is 1.08 bits per heavy atom. The zero-order valence-electron chi connectivity index (χ0n) is 13.1. The molecule has 24 heavy (non-hydrogen) atoms. The van der Waals surface area contributed by atoms with Crippen LogP contribution in [-0.4, -0.2) is 24.6 Å². The van der Waals surface area contributed by atoms with Gasteiger partial charge in [0.1, 0.15) is 11.5 Å². The van der Waals surface area contributed by atoms with E-state index in [4.69, 9.17) is 0 Å². The third kappa shape index (κ3) is 3.17. The molecule has 1 aliphatic rings. The van der Waals surface area contributed by atoms with Crippen molar-refractivity contribution in [3.63, 3.8) is 0 Å². The minimum absolute atomic E-state index is 0.151. The maximum atomic E-state index is 13.0. The highest BCUT2D eigenvalue weighted by Crippen LogP contribution is 2.21. The van der Waals surface area contributed by atoms with Crippen LogP contribution in [0.25, 0.3) is 0 Å². The number of anilines is 2. The molecular formula is C18H16FN3O2. The summed E-state index contributed by atoms with van der Waals surface area (Å²) in [5.74, 6) is -0.826. The number of benzene rings is 2. The molecule has 1 heterocycles. The molecule has 6 heteroatoms. The molecule has 0 aromatic heterocycles. The van der Waals surface area contributed by atoms with E-state index >= 15 is 0 Å². The van der Waals surface area contributed by atoms with Gasteiger partial charge in [-0.15, -0.1) is 0 Å². The van der Waals surface area contributed by atoms with E-state index in [0.717, 1.165) is 0 Å². The molecule has 0 aliphatic carbocycles. The lowest BCUT2D eigenvalue weighted by atomic mass is 10.1. The van der Waals surface area contributed by atoms with Gasteiger partial charge in [0.25, 0.3) is 5.91 Å². The molecule has 5 nitrogen and oxygen atoms in total. The monoisotopic (exact) mass is 325 g/mol. The molecule has 0 spiro atoms. The third-order valence-electron chi connectivity index (χ3n) is 3.80. The van der Waals surface area contributed by atoms with Gasteiger partial charge in [0, 0.05) is 25.6 Å². The largest absolute Gasteiger partial charge is 0.310 e. The highest BCUT2D eigenvalue weighted by molar-refractivity contribution is 6.44. The summed E-state index contributed by atoms with van der Waals surface area (Å²) in [6.07, 6.45) is 0.503. The van der Waals surface area contributed by atoms with Crippen LogP contribution in [-0.2, 0) is 9.59 Å². The summed E-state index contributed by atoms with van der Waals surface area (Å²) >= 11 is 0. The Morgan fingerprint density at radius 2 is 1.75 bits per heavy atom. The number of nitrogens with zero attached hydrogens (tertiary/aromatic N) is 3. The van der Waals surface area contributed by atoms with Crippen LogP contribution in [0.1, 0.15) is 12.8 Å². The average molecular weight is 325 g/mol. The zero-order valence-corrected chi connectivity index (χ0v) is 13.1. The summed E-state index contributed by atoms with van der Waals surface area (Å²) in [5.41, 5.74) is 1.48. The number of hydrazone groups is 1. The van der Waals surface area contributed by atoms with Crippen molar-refractivity contribution in [2.45, 2.75) is 12.8 Å². The van der Waals surface area contributed by atoms with Crippen LogP contribution in [0.4, 0.5) is 15.8 Å². The van der Waals surface area contributed by atoms with Gasteiger partial charge in [-0.1, -0.05) is 18.2 Å². The van der Waals surface area contributed by atoms with Crippen LogP contribution in [0.15, 0.2) is 59.7 Å². The van der Waals surface area contributed by atoms with E-state index in [9.17, 15) is 14.0 Å². The maximum absolute atomic E-state index is 13.0. The Bertz CT molecular complexity index is 788. The van der Waals surface area contributed by atoms with Crippen molar-refractivity contribution < 1.29 is 14.0 Å². The lowest BCUT2D eigenvalue weighted by Gasteiger charge is -2.25. The van der Waals surface area contributed by atoms with E-state index in [1.165, 1.54) is 34.2 Å². The predicted molar refractivity (Wildman–Crippen MR) is 90.4 cm³/mol. The fourth-order valence-corrected chi connectivity index (χ4v) is 2.45. The van der Waals surface area contributed by atoms with Gasteiger partial charge >= 0.3 is 0 Å². The van der Waals surface area contributed by atoms with Crippen LogP contribution in [0, 0.1) is 5.82 Å². The molecule has 0 radical (unpaired) electrons. The first-order valence-corrected chi connectivity index (χ1v) is 7.55. The molecule has 122 valence electrons. The first-order chi connectivity index (χ1) is 11.6. The minimum Gasteiger partial charge on any atom is -0.310 e. The number of para-hydroxylation sites is 1. The van der Waals surface area contributed by atoms with Crippen molar-refractivity contribution in [3.8, 4) is 0 Å². The summed E-state index contributed by atoms with van der Waals surface area (Å²) in [4.78, 5) is 26.1. The number of rotatable bonds is 3. The van der Waals surface area contributed by atoms with Gasteiger partial charge in [0.2, 0.25) is 5.91 Å². The fourth-order valence-electron chi connectivity index (χ4n) is 2.45. The van der Waals surface area contributed by atoms with Crippen LogP contribution < -0.4 is 9.91 Å². The second-order valence-electron chi connectivity index (χ2n) is 5.43. The molecule has 0 atom stereocenters. The second-order valence-corrected chi connectivity index (χ2v) is 5.43. The van der Waals surface area contributed by atoms with Gasteiger partial charge in [0.15, 0.2) is 0 Å². The van der Waals surface area contributed by atoms with Crippen LogP contribution in [0.2, 0.25) is 0 Å². The molecule has 0 unspecified atom stereocenters. The number of carbonyl (C=O) groups is 2. The molecule has 2 amide bonds. The summed E-state index contributed by atoms with van der Waals surface area (Å²) in [5, 5.41) is 5.49. The normalized spacial score (nSPS) is 14.3. The Balaban J connectivity index is 1.86. The van der Waals surface area contributed by atoms with Crippen molar-refractivity contribution in [2.24, 2.45) is 5.10 Å². The highest BCUT2D eigenvalue weighted by atomic mass is 19.1. The molecule has 2 aromatic rings. The summed E-state index contributed by atoms with van der Waals surface area (Å²) < 4.78 is 13.0. The molecule has 2 aromatic carbocycles. The van der Waals surface area contributed by atoms with Crippen LogP contribution >= 0.6 is 0 Å². The zero-order chi connectivity index (χ0) is 17.1. The molecule has 3 rings (SSSR count). The number of hydrogen-bond acceptors (Lipinski definition) is 3.